The minimum Gasteiger partial charge on any atom is -0.346 e. The van der Waals surface area contributed by atoms with Gasteiger partial charge in [-0.3, -0.25) is 9.48 Å². The summed E-state index contributed by atoms with van der Waals surface area (Å²) < 4.78 is 39.8. The van der Waals surface area contributed by atoms with Crippen molar-refractivity contribution in [3.8, 4) is 0 Å². The van der Waals surface area contributed by atoms with Gasteiger partial charge in [-0.05, 0) is 37.1 Å². The van der Waals surface area contributed by atoms with E-state index in [4.69, 9.17) is 0 Å². The Labute approximate surface area is 131 Å². The highest BCUT2D eigenvalue weighted by Gasteiger charge is 2.31. The number of benzene rings is 1. The number of hydrogen-bond donors (Lipinski definition) is 1. The van der Waals surface area contributed by atoms with Crippen LogP contribution in [0, 0.1) is 0 Å². The van der Waals surface area contributed by atoms with Crippen LogP contribution < -0.4 is 5.32 Å². The van der Waals surface area contributed by atoms with Crippen LogP contribution in [0.2, 0.25) is 0 Å². The van der Waals surface area contributed by atoms with Crippen LogP contribution in [0.15, 0.2) is 30.3 Å². The Morgan fingerprint density at radius 3 is 2.74 bits per heavy atom. The molecule has 23 heavy (non-hydrogen) atoms. The smallest absolute Gasteiger partial charge is 0.346 e. The third kappa shape index (κ3) is 3.55. The average Bonchev–Trinajstić information content (AvgIpc) is 3.27. The van der Waals surface area contributed by atoms with Gasteiger partial charge in [-0.1, -0.05) is 6.07 Å². The van der Waals surface area contributed by atoms with Gasteiger partial charge in [0.1, 0.15) is 0 Å². The fourth-order valence-electron chi connectivity index (χ4n) is 2.50. The van der Waals surface area contributed by atoms with Gasteiger partial charge in [-0.2, -0.15) is 18.3 Å². The van der Waals surface area contributed by atoms with Crippen molar-refractivity contribution in [3.63, 3.8) is 0 Å². The largest absolute Gasteiger partial charge is 0.416 e. The maximum atomic E-state index is 12.7. The Kier molecular flexibility index (Phi) is 3.87. The lowest BCUT2D eigenvalue weighted by Crippen LogP contribution is -2.23. The zero-order valence-corrected chi connectivity index (χ0v) is 12.5. The van der Waals surface area contributed by atoms with E-state index in [1.807, 2.05) is 13.1 Å². The summed E-state index contributed by atoms with van der Waals surface area (Å²) in [6.07, 6.45) is -2.17. The molecule has 122 valence electrons. The first-order chi connectivity index (χ1) is 10.8. The maximum absolute atomic E-state index is 12.7. The molecule has 0 aliphatic heterocycles. The lowest BCUT2D eigenvalue weighted by molar-refractivity contribution is -0.137. The molecule has 1 aliphatic carbocycles. The highest BCUT2D eigenvalue weighted by atomic mass is 19.4. The minimum atomic E-state index is -4.46. The van der Waals surface area contributed by atoms with Crippen LogP contribution in [0.3, 0.4) is 0 Å². The van der Waals surface area contributed by atoms with E-state index >= 15 is 0 Å². The van der Waals surface area contributed by atoms with E-state index < -0.39 is 17.6 Å². The molecule has 2 aromatic rings. The van der Waals surface area contributed by atoms with Crippen molar-refractivity contribution in [3.05, 3.63) is 52.8 Å². The fourth-order valence-corrected chi connectivity index (χ4v) is 2.50. The van der Waals surface area contributed by atoms with Gasteiger partial charge in [0.15, 0.2) is 0 Å². The van der Waals surface area contributed by atoms with Crippen molar-refractivity contribution in [2.75, 3.05) is 0 Å². The summed E-state index contributed by atoms with van der Waals surface area (Å²) in [4.78, 5) is 12.0. The molecule has 1 heterocycles. The molecule has 7 heteroatoms. The van der Waals surface area contributed by atoms with Gasteiger partial charge < -0.3 is 5.32 Å². The number of carbonyl (C=O) groups is 1. The molecule has 1 aromatic carbocycles. The van der Waals surface area contributed by atoms with Crippen LogP contribution in [0.4, 0.5) is 13.2 Å². The van der Waals surface area contributed by atoms with Crippen molar-refractivity contribution in [2.24, 2.45) is 7.05 Å². The van der Waals surface area contributed by atoms with E-state index in [1.165, 1.54) is 12.1 Å². The zero-order chi connectivity index (χ0) is 16.6. The molecular formula is C16H16F3N3O. The summed E-state index contributed by atoms with van der Waals surface area (Å²) in [5.74, 6) is -0.00450. The molecular weight excluding hydrogens is 307 g/mol. The zero-order valence-electron chi connectivity index (χ0n) is 12.5. The molecule has 1 N–H and O–H groups in total. The summed E-state index contributed by atoms with van der Waals surface area (Å²) in [7, 11) is 1.85. The number of nitrogens with one attached hydrogen (secondary N) is 1. The third-order valence-corrected chi connectivity index (χ3v) is 3.84. The summed E-state index contributed by atoms with van der Waals surface area (Å²) in [6, 6.07) is 6.31. The molecule has 0 unspecified atom stereocenters. The first kappa shape index (κ1) is 15.6. The van der Waals surface area contributed by atoms with Gasteiger partial charge >= 0.3 is 6.18 Å². The van der Waals surface area contributed by atoms with Crippen LogP contribution in [-0.2, 0) is 19.8 Å². The number of aryl methyl sites for hydroxylation is 1. The van der Waals surface area contributed by atoms with Gasteiger partial charge in [-0.25, -0.2) is 0 Å². The number of alkyl halides is 3. The monoisotopic (exact) mass is 323 g/mol. The summed E-state index contributed by atoms with van der Waals surface area (Å²) >= 11 is 0. The van der Waals surface area contributed by atoms with Crippen molar-refractivity contribution < 1.29 is 18.0 Å². The highest BCUT2D eigenvalue weighted by Crippen LogP contribution is 2.39. The van der Waals surface area contributed by atoms with Crippen LogP contribution in [0.25, 0.3) is 0 Å². The molecule has 3 rings (SSSR count). The second-order valence-corrected chi connectivity index (χ2v) is 5.72. The Bertz CT molecular complexity index is 732. The number of carbonyl (C=O) groups excluding carboxylic acids is 1. The lowest BCUT2D eigenvalue weighted by Gasteiger charge is -2.08. The quantitative estimate of drug-likeness (QED) is 0.939. The maximum Gasteiger partial charge on any atom is 0.416 e. The topological polar surface area (TPSA) is 46.9 Å². The summed E-state index contributed by atoms with van der Waals surface area (Å²) in [5.41, 5.74) is 0.986. The standard InChI is InChI=1S/C16H16F3N3O/c1-22-14(10-5-6-10)8-13(21-22)9-20-15(23)11-3-2-4-12(7-11)16(17,18)19/h2-4,7-8,10H,5-6,9H2,1H3,(H,20,23). The number of halogens is 3. The second-order valence-electron chi connectivity index (χ2n) is 5.72. The molecule has 0 spiro atoms. The normalized spacial score (nSPS) is 14.8. The SMILES string of the molecule is Cn1nc(CNC(=O)c2cccc(C(F)(F)F)c2)cc1C1CC1. The Morgan fingerprint density at radius 1 is 1.35 bits per heavy atom. The van der Waals surface area contributed by atoms with Gasteiger partial charge in [0.2, 0.25) is 0 Å². The lowest BCUT2D eigenvalue weighted by atomic mass is 10.1. The number of aromatic nitrogens is 2. The molecule has 4 nitrogen and oxygen atoms in total. The van der Waals surface area contributed by atoms with E-state index in [9.17, 15) is 18.0 Å². The van der Waals surface area contributed by atoms with Crippen molar-refractivity contribution >= 4 is 5.91 Å². The van der Waals surface area contributed by atoms with E-state index in [-0.39, 0.29) is 12.1 Å². The molecule has 1 amide bonds. The Balaban J connectivity index is 1.66. The minimum absolute atomic E-state index is 0.0156. The molecule has 1 saturated carbocycles. The molecule has 1 aliphatic rings. The molecule has 0 bridgehead atoms. The Hall–Kier alpha value is -2.31. The van der Waals surface area contributed by atoms with Gasteiger partial charge in [0.25, 0.3) is 5.91 Å². The number of rotatable bonds is 4. The molecule has 0 atom stereocenters. The average molecular weight is 323 g/mol. The van der Waals surface area contributed by atoms with Gasteiger partial charge in [-0.15, -0.1) is 0 Å². The van der Waals surface area contributed by atoms with Crippen LogP contribution >= 0.6 is 0 Å². The molecule has 1 fully saturated rings. The predicted octanol–water partition coefficient (Wildman–Crippen LogP) is 3.25. The Morgan fingerprint density at radius 2 is 2.09 bits per heavy atom. The molecule has 1 aromatic heterocycles. The van der Waals surface area contributed by atoms with Crippen molar-refractivity contribution in [1.29, 1.82) is 0 Å². The summed E-state index contributed by atoms with van der Waals surface area (Å²) in [5, 5.41) is 6.93. The predicted molar refractivity (Wildman–Crippen MR) is 77.8 cm³/mol. The van der Waals surface area contributed by atoms with Crippen LogP contribution in [0.5, 0.6) is 0 Å². The molecule has 0 radical (unpaired) electrons. The highest BCUT2D eigenvalue weighted by molar-refractivity contribution is 5.94. The van der Waals surface area contributed by atoms with Gasteiger partial charge in [0.05, 0.1) is 17.8 Å². The van der Waals surface area contributed by atoms with E-state index in [1.54, 1.807) is 4.68 Å². The fraction of sp³-hybridized carbons (Fsp3) is 0.375. The van der Waals surface area contributed by atoms with Crippen molar-refractivity contribution in [2.45, 2.75) is 31.5 Å². The first-order valence-electron chi connectivity index (χ1n) is 7.33. The van der Waals surface area contributed by atoms with Crippen molar-refractivity contribution in [1.82, 2.24) is 15.1 Å². The van der Waals surface area contributed by atoms with E-state index in [0.717, 1.165) is 30.7 Å². The second kappa shape index (κ2) is 5.72. The number of hydrogen-bond acceptors (Lipinski definition) is 2. The summed E-state index contributed by atoms with van der Waals surface area (Å²) in [6.45, 7) is 0.190. The van der Waals surface area contributed by atoms with E-state index in [0.29, 0.717) is 11.6 Å². The molecule has 0 saturated heterocycles. The number of amides is 1. The van der Waals surface area contributed by atoms with Gasteiger partial charge in [0, 0.05) is 24.2 Å². The van der Waals surface area contributed by atoms with Crippen LogP contribution in [-0.4, -0.2) is 15.7 Å². The third-order valence-electron chi connectivity index (χ3n) is 3.84. The van der Waals surface area contributed by atoms with Crippen LogP contribution in [0.1, 0.15) is 46.1 Å². The first-order valence-corrected chi connectivity index (χ1v) is 7.33. The van der Waals surface area contributed by atoms with E-state index in [2.05, 4.69) is 10.4 Å². The number of nitrogens with zero attached hydrogens (tertiary/aromatic N) is 2.